The Hall–Kier alpha value is -1.19. The molecular formula is C40H64O12. The monoisotopic (exact) mass is 736 g/mol. The second-order valence-electron chi connectivity index (χ2n) is 19.6. The molecule has 0 radical (unpaired) electrons. The summed E-state index contributed by atoms with van der Waals surface area (Å²) in [6.45, 7) is 14.9. The fraction of sp³-hybridized carbons (Fsp3) is 0.925. The molecule has 12 heteroatoms. The second kappa shape index (κ2) is 12.9. The first kappa shape index (κ1) is 39.1. The van der Waals surface area contributed by atoms with Gasteiger partial charge in [-0.3, -0.25) is 4.79 Å². The largest absolute Gasteiger partial charge is 0.481 e. The third kappa shape index (κ3) is 5.63. The van der Waals surface area contributed by atoms with E-state index in [2.05, 4.69) is 40.7 Å². The predicted molar refractivity (Wildman–Crippen MR) is 187 cm³/mol. The van der Waals surface area contributed by atoms with Gasteiger partial charge in [0, 0.05) is 0 Å². The average molecular weight is 737 g/mol. The lowest BCUT2D eigenvalue weighted by molar-refractivity contribution is -0.367. The van der Waals surface area contributed by atoms with Gasteiger partial charge in [-0.05, 0) is 117 Å². The van der Waals surface area contributed by atoms with Crippen LogP contribution in [-0.4, -0.2) is 115 Å². The lowest BCUT2D eigenvalue weighted by atomic mass is 9.34. The summed E-state index contributed by atoms with van der Waals surface area (Å²) in [6, 6.07) is 0. The molecule has 7 rings (SSSR count). The molecule has 2 heterocycles. The number of aliphatic hydroxyl groups excluding tert-OH is 5. The maximum Gasteiger partial charge on any atom is 0.310 e. The van der Waals surface area contributed by atoms with E-state index < -0.39 is 78.4 Å². The fourth-order valence-electron chi connectivity index (χ4n) is 12.9. The molecule has 2 aliphatic heterocycles. The summed E-state index contributed by atoms with van der Waals surface area (Å²) in [4.78, 5) is 13.0. The Morgan fingerprint density at radius 3 is 2.19 bits per heavy atom. The summed E-state index contributed by atoms with van der Waals surface area (Å²) in [5, 5.41) is 75.9. The van der Waals surface area contributed by atoms with Crippen molar-refractivity contribution < 1.29 is 59.5 Å². The van der Waals surface area contributed by atoms with Crippen LogP contribution in [-0.2, 0) is 23.7 Å². The molecule has 296 valence electrons. The van der Waals surface area contributed by atoms with E-state index in [0.29, 0.717) is 12.8 Å². The molecule has 7 aliphatic rings. The zero-order chi connectivity index (χ0) is 38.0. The van der Waals surface area contributed by atoms with Gasteiger partial charge in [0.05, 0.1) is 29.8 Å². The number of allylic oxidation sites excluding steroid dienone is 2. The first-order valence-corrected chi connectivity index (χ1v) is 19.8. The molecule has 0 aromatic carbocycles. The molecule has 0 spiro atoms. The molecule has 0 amide bonds. The van der Waals surface area contributed by atoms with Crippen molar-refractivity contribution in [3.05, 3.63) is 11.6 Å². The number of aliphatic carboxylic acids is 1. The van der Waals surface area contributed by atoms with Crippen LogP contribution >= 0.6 is 0 Å². The smallest absolute Gasteiger partial charge is 0.310 e. The van der Waals surface area contributed by atoms with Crippen molar-refractivity contribution in [1.82, 2.24) is 0 Å². The Bertz CT molecular complexity index is 1420. The minimum Gasteiger partial charge on any atom is -0.481 e. The first-order valence-electron chi connectivity index (χ1n) is 19.8. The summed E-state index contributed by atoms with van der Waals surface area (Å²) in [6.07, 6.45) is -2.56. The Morgan fingerprint density at radius 2 is 1.50 bits per heavy atom. The molecule has 52 heavy (non-hydrogen) atoms. The van der Waals surface area contributed by atoms with E-state index in [1.165, 1.54) is 12.5 Å². The summed E-state index contributed by atoms with van der Waals surface area (Å²) in [7, 11) is 0. The van der Waals surface area contributed by atoms with Crippen LogP contribution in [0.2, 0.25) is 0 Å². The third-order valence-electron chi connectivity index (χ3n) is 16.5. The van der Waals surface area contributed by atoms with Gasteiger partial charge in [-0.1, -0.05) is 46.3 Å². The number of aliphatic hydroxyl groups is 6. The van der Waals surface area contributed by atoms with Crippen LogP contribution in [0.5, 0.6) is 0 Å². The van der Waals surface area contributed by atoms with Crippen LogP contribution in [0, 0.1) is 44.8 Å². The molecule has 6 fully saturated rings. The summed E-state index contributed by atoms with van der Waals surface area (Å²) in [5.74, 6) is -0.468. The molecule has 7 N–H and O–H groups in total. The number of hydrogen-bond acceptors (Lipinski definition) is 11. The van der Waals surface area contributed by atoms with E-state index >= 15 is 0 Å². The second-order valence-corrected chi connectivity index (χ2v) is 19.6. The predicted octanol–water partition coefficient (Wildman–Crippen LogP) is 3.27. The molecule has 5 aliphatic carbocycles. The number of carboxylic acid groups (broad SMARTS) is 1. The van der Waals surface area contributed by atoms with Crippen molar-refractivity contribution in [3.8, 4) is 0 Å². The minimum atomic E-state index is -1.63. The van der Waals surface area contributed by atoms with Crippen LogP contribution in [0.4, 0.5) is 0 Å². The van der Waals surface area contributed by atoms with Gasteiger partial charge in [-0.2, -0.15) is 0 Å². The Balaban J connectivity index is 1.13. The molecular weight excluding hydrogens is 672 g/mol. The Labute approximate surface area is 307 Å². The topological polar surface area (TPSA) is 196 Å². The number of fused-ring (bicyclic) bond motifs is 7. The number of hydrogen-bond donors (Lipinski definition) is 7. The zero-order valence-electron chi connectivity index (χ0n) is 32.0. The van der Waals surface area contributed by atoms with Crippen LogP contribution in [0.25, 0.3) is 0 Å². The average Bonchev–Trinajstić information content (AvgIpc) is 3.06. The third-order valence-corrected chi connectivity index (χ3v) is 16.5. The van der Waals surface area contributed by atoms with Gasteiger partial charge >= 0.3 is 5.97 Å². The molecule has 2 saturated heterocycles. The number of carboxylic acids is 1. The molecule has 0 aromatic rings. The maximum absolute atomic E-state index is 13.0. The van der Waals surface area contributed by atoms with Crippen LogP contribution in [0.1, 0.15) is 113 Å². The van der Waals surface area contributed by atoms with Gasteiger partial charge in [0.15, 0.2) is 12.6 Å². The lowest BCUT2D eigenvalue weighted by Gasteiger charge is -2.71. The molecule has 18 atom stereocenters. The Kier molecular flexibility index (Phi) is 9.71. The fourth-order valence-corrected chi connectivity index (χ4v) is 12.9. The van der Waals surface area contributed by atoms with E-state index in [0.717, 1.165) is 51.4 Å². The lowest BCUT2D eigenvalue weighted by Crippen LogP contribution is -2.68. The quantitative estimate of drug-likeness (QED) is 0.161. The van der Waals surface area contributed by atoms with Crippen LogP contribution < -0.4 is 0 Å². The van der Waals surface area contributed by atoms with Crippen molar-refractivity contribution in [1.29, 1.82) is 0 Å². The SMILES string of the molecule is CC1OC(OC2C(OC3CCC4(C)C(CCC5(C)C4CC=C4C6CC(C)(C)CCC6(C(=O)O)CCC45C)C3(C)O)OCC(O)C2O)C(O)C(O)C1O. The van der Waals surface area contributed by atoms with Crippen LogP contribution in [0.15, 0.2) is 11.6 Å². The zero-order valence-corrected chi connectivity index (χ0v) is 32.0. The molecule has 0 bridgehead atoms. The van der Waals surface area contributed by atoms with Gasteiger partial charge in [0.25, 0.3) is 0 Å². The van der Waals surface area contributed by atoms with Crippen molar-refractivity contribution in [3.63, 3.8) is 0 Å². The number of ether oxygens (including phenoxy) is 4. The van der Waals surface area contributed by atoms with E-state index in [-0.39, 0.29) is 46.0 Å². The highest BCUT2D eigenvalue weighted by Gasteiger charge is 2.70. The molecule has 12 nitrogen and oxygen atoms in total. The van der Waals surface area contributed by atoms with E-state index in [1.54, 1.807) is 0 Å². The first-order chi connectivity index (χ1) is 24.1. The van der Waals surface area contributed by atoms with Gasteiger partial charge in [0.2, 0.25) is 0 Å². The summed E-state index contributed by atoms with van der Waals surface area (Å²) in [5.41, 5.74) is -0.999. The number of rotatable bonds is 5. The van der Waals surface area contributed by atoms with Gasteiger partial charge in [-0.25, -0.2) is 0 Å². The van der Waals surface area contributed by atoms with E-state index in [4.69, 9.17) is 18.9 Å². The van der Waals surface area contributed by atoms with E-state index in [9.17, 15) is 40.5 Å². The maximum atomic E-state index is 13.0. The van der Waals surface area contributed by atoms with Crippen molar-refractivity contribution >= 4 is 5.97 Å². The molecule has 18 unspecified atom stereocenters. The standard InChI is InChI=1S/C40H64O12/c1-20-27(42)29(44)30(45)32(50-20)52-31-28(43)23(41)19-49-33(31)51-26-11-12-36(4)24-9-8-21-22-18-35(2,3)14-16-40(22,34(46)47)17-15-37(21,5)38(24,6)13-10-25(36)39(26,7)48/h8,20,22-33,41-45,48H,9-19H2,1-7H3,(H,46,47). The normalized spacial score (nSPS) is 55.9. The molecule has 4 saturated carbocycles. The highest BCUT2D eigenvalue weighted by molar-refractivity contribution is 5.76. The van der Waals surface area contributed by atoms with Gasteiger partial charge in [0.1, 0.15) is 36.6 Å². The highest BCUT2D eigenvalue weighted by Crippen LogP contribution is 2.75. The van der Waals surface area contributed by atoms with Crippen molar-refractivity contribution in [2.24, 2.45) is 44.8 Å². The van der Waals surface area contributed by atoms with Crippen LogP contribution in [0.3, 0.4) is 0 Å². The van der Waals surface area contributed by atoms with Gasteiger partial charge in [-0.15, -0.1) is 0 Å². The van der Waals surface area contributed by atoms with Crippen molar-refractivity contribution in [2.45, 2.75) is 180 Å². The number of carbonyl (C=O) groups is 1. The van der Waals surface area contributed by atoms with E-state index in [1.807, 2.05) is 6.92 Å². The van der Waals surface area contributed by atoms with Crippen molar-refractivity contribution in [2.75, 3.05) is 6.61 Å². The molecule has 0 aromatic heterocycles. The summed E-state index contributed by atoms with van der Waals surface area (Å²) >= 11 is 0. The Morgan fingerprint density at radius 1 is 0.808 bits per heavy atom. The summed E-state index contributed by atoms with van der Waals surface area (Å²) < 4.78 is 24.0. The van der Waals surface area contributed by atoms with Gasteiger partial charge < -0.3 is 54.7 Å². The highest BCUT2D eigenvalue weighted by atomic mass is 16.8. The minimum absolute atomic E-state index is 0.0271.